The molecule has 1 spiro atoms. The van der Waals surface area contributed by atoms with E-state index >= 15 is 0 Å². The molecule has 1 atom stereocenters. The summed E-state index contributed by atoms with van der Waals surface area (Å²) < 4.78 is 44.4. The molecule has 160 valence electrons. The van der Waals surface area contributed by atoms with Crippen molar-refractivity contribution in [3.63, 3.8) is 0 Å². The Labute approximate surface area is 170 Å². The highest BCUT2D eigenvalue weighted by molar-refractivity contribution is 5.94. The van der Waals surface area contributed by atoms with Gasteiger partial charge in [0.15, 0.2) is 0 Å². The van der Waals surface area contributed by atoms with E-state index in [4.69, 9.17) is 4.52 Å². The van der Waals surface area contributed by atoms with Crippen LogP contribution < -0.4 is 5.32 Å². The van der Waals surface area contributed by atoms with Crippen molar-refractivity contribution in [3.8, 4) is 11.5 Å². The smallest absolute Gasteiger partial charge is 0.341 e. The highest BCUT2D eigenvalue weighted by Gasteiger charge is 2.45. The van der Waals surface area contributed by atoms with Crippen molar-refractivity contribution in [2.45, 2.75) is 44.8 Å². The maximum atomic E-state index is 13.2. The fraction of sp³-hybridized carbons (Fsp3) is 0.500. The van der Waals surface area contributed by atoms with Gasteiger partial charge in [0, 0.05) is 13.1 Å². The topological polar surface area (TPSA) is 88.3 Å². The normalized spacial score (nSPS) is 18.9. The summed E-state index contributed by atoms with van der Waals surface area (Å²) >= 11 is 0. The van der Waals surface area contributed by atoms with Gasteiger partial charge in [-0.3, -0.25) is 9.59 Å². The molecule has 10 heteroatoms. The fourth-order valence-electron chi connectivity index (χ4n) is 3.82. The third-order valence-electron chi connectivity index (χ3n) is 5.90. The number of piperidine rings is 1. The highest BCUT2D eigenvalue weighted by Crippen LogP contribution is 2.53. The first-order valence-electron chi connectivity index (χ1n) is 9.79. The Kier molecular flexibility index (Phi) is 5.03. The van der Waals surface area contributed by atoms with Crippen LogP contribution in [0.1, 0.15) is 48.8 Å². The maximum Gasteiger partial charge on any atom is 0.417 e. The van der Waals surface area contributed by atoms with Crippen molar-refractivity contribution in [1.29, 1.82) is 0 Å². The van der Waals surface area contributed by atoms with Crippen LogP contribution in [0.4, 0.5) is 13.2 Å². The van der Waals surface area contributed by atoms with E-state index in [9.17, 15) is 22.8 Å². The molecule has 1 aliphatic heterocycles. The van der Waals surface area contributed by atoms with E-state index in [2.05, 4.69) is 15.5 Å². The molecule has 1 aliphatic carbocycles. The molecule has 1 saturated carbocycles. The van der Waals surface area contributed by atoms with Crippen LogP contribution in [0, 0.1) is 5.41 Å². The van der Waals surface area contributed by atoms with E-state index in [1.165, 1.54) is 31.0 Å². The number of benzene rings is 1. The van der Waals surface area contributed by atoms with Gasteiger partial charge in [-0.2, -0.15) is 18.2 Å². The first-order valence-corrected chi connectivity index (χ1v) is 9.79. The zero-order chi connectivity index (χ0) is 21.5. The third-order valence-corrected chi connectivity index (χ3v) is 5.90. The number of carbonyl (C=O) groups is 2. The summed E-state index contributed by atoms with van der Waals surface area (Å²) in [6.07, 6.45) is -0.210. The molecule has 2 fully saturated rings. The van der Waals surface area contributed by atoms with Crippen molar-refractivity contribution < 1.29 is 27.3 Å². The molecule has 2 aromatic rings. The van der Waals surface area contributed by atoms with Crippen molar-refractivity contribution in [3.05, 3.63) is 35.7 Å². The first kappa shape index (κ1) is 20.4. The van der Waals surface area contributed by atoms with Crippen molar-refractivity contribution in [2.75, 3.05) is 13.1 Å². The molecule has 2 aliphatic rings. The van der Waals surface area contributed by atoms with Crippen LogP contribution in [0.3, 0.4) is 0 Å². The number of halogens is 3. The van der Waals surface area contributed by atoms with Gasteiger partial charge in [0.2, 0.25) is 5.91 Å². The molecule has 7 nitrogen and oxygen atoms in total. The highest BCUT2D eigenvalue weighted by atomic mass is 19.4. The van der Waals surface area contributed by atoms with Gasteiger partial charge in [-0.05, 0) is 50.2 Å². The maximum absolute atomic E-state index is 13.2. The summed E-state index contributed by atoms with van der Waals surface area (Å²) in [4.78, 5) is 30.5. The second kappa shape index (κ2) is 7.41. The molecule has 0 unspecified atom stereocenters. The zero-order valence-corrected chi connectivity index (χ0v) is 16.3. The summed E-state index contributed by atoms with van der Waals surface area (Å²) in [5.41, 5.74) is -0.831. The van der Waals surface area contributed by atoms with Crippen LogP contribution in [-0.4, -0.2) is 46.0 Å². The van der Waals surface area contributed by atoms with Gasteiger partial charge < -0.3 is 14.7 Å². The number of rotatable bonds is 4. The minimum absolute atomic E-state index is 0.204. The summed E-state index contributed by atoms with van der Waals surface area (Å²) in [5.74, 6) is -1.84. The van der Waals surface area contributed by atoms with E-state index in [0.29, 0.717) is 18.5 Å². The number of alkyl halides is 3. The average molecular weight is 422 g/mol. The zero-order valence-electron chi connectivity index (χ0n) is 16.3. The van der Waals surface area contributed by atoms with E-state index in [0.717, 1.165) is 18.9 Å². The second-order valence-electron chi connectivity index (χ2n) is 7.99. The lowest BCUT2D eigenvalue weighted by atomic mass is 9.93. The largest absolute Gasteiger partial charge is 0.417 e. The van der Waals surface area contributed by atoms with Gasteiger partial charge in [-0.15, -0.1) is 0 Å². The molecule has 0 radical (unpaired) electrons. The molecule has 2 amide bonds. The molecular formula is C20H21F3N4O3. The second-order valence-corrected chi connectivity index (χ2v) is 7.99. The van der Waals surface area contributed by atoms with Gasteiger partial charge in [0.1, 0.15) is 6.04 Å². The molecule has 2 heterocycles. The van der Waals surface area contributed by atoms with Crippen molar-refractivity contribution in [1.82, 2.24) is 20.4 Å². The molecule has 0 bridgehead atoms. The minimum Gasteiger partial charge on any atom is -0.341 e. The molecular weight excluding hydrogens is 401 g/mol. The number of amides is 2. The van der Waals surface area contributed by atoms with E-state index < -0.39 is 35.4 Å². The van der Waals surface area contributed by atoms with Gasteiger partial charge in [-0.25, -0.2) is 0 Å². The van der Waals surface area contributed by atoms with Gasteiger partial charge in [0.25, 0.3) is 17.6 Å². The molecule has 4 rings (SSSR count). The molecule has 1 N–H and O–H groups in total. The van der Waals surface area contributed by atoms with E-state index in [-0.39, 0.29) is 11.5 Å². The predicted octanol–water partition coefficient (Wildman–Crippen LogP) is 3.28. The van der Waals surface area contributed by atoms with Crippen LogP contribution in [0.5, 0.6) is 0 Å². The summed E-state index contributed by atoms with van der Waals surface area (Å²) in [5, 5.41) is 5.98. The molecule has 30 heavy (non-hydrogen) atoms. The van der Waals surface area contributed by atoms with Crippen molar-refractivity contribution in [2.24, 2.45) is 5.41 Å². The minimum atomic E-state index is -4.61. The summed E-state index contributed by atoms with van der Waals surface area (Å²) in [7, 11) is 0. The van der Waals surface area contributed by atoms with Crippen LogP contribution in [-0.2, 0) is 11.0 Å². The number of aromatic nitrogens is 2. The average Bonchev–Trinajstić information content (AvgIpc) is 3.27. The van der Waals surface area contributed by atoms with Gasteiger partial charge >= 0.3 is 6.18 Å². The van der Waals surface area contributed by atoms with Crippen LogP contribution in [0.15, 0.2) is 28.8 Å². The van der Waals surface area contributed by atoms with E-state index in [1.807, 2.05) is 0 Å². The quantitative estimate of drug-likeness (QED) is 0.817. The number of hydrogen-bond acceptors (Lipinski definition) is 5. The molecule has 1 saturated heterocycles. The van der Waals surface area contributed by atoms with Crippen LogP contribution in [0.2, 0.25) is 0 Å². The number of likely N-dealkylation sites (tertiary alicyclic amines) is 1. The number of carbonyl (C=O) groups excluding carboxylic acids is 2. The first-order chi connectivity index (χ1) is 14.2. The molecule has 1 aromatic heterocycles. The third kappa shape index (κ3) is 4.03. The predicted molar refractivity (Wildman–Crippen MR) is 99.1 cm³/mol. The fourth-order valence-corrected chi connectivity index (χ4v) is 3.82. The summed E-state index contributed by atoms with van der Waals surface area (Å²) in [6.45, 7) is 2.89. The number of hydrogen-bond donors (Lipinski definition) is 1. The Hall–Kier alpha value is -2.91. The SMILES string of the molecule is C[C@@H](NC(=O)c1noc(-c2ccccc2C(F)(F)F)n1)C(=O)N1CCC2(CC1)CC2. The lowest BCUT2D eigenvalue weighted by molar-refractivity contribution is -0.137. The summed E-state index contributed by atoms with van der Waals surface area (Å²) in [6, 6.07) is 3.92. The Bertz CT molecular complexity index is 958. The monoisotopic (exact) mass is 422 g/mol. The Balaban J connectivity index is 1.41. The van der Waals surface area contributed by atoms with Gasteiger partial charge in [-0.1, -0.05) is 17.3 Å². The van der Waals surface area contributed by atoms with E-state index in [1.54, 1.807) is 11.8 Å². The Morgan fingerprint density at radius 3 is 2.47 bits per heavy atom. The van der Waals surface area contributed by atoms with Gasteiger partial charge in [0.05, 0.1) is 11.1 Å². The standard InChI is InChI=1S/C20H21F3N4O3/c1-12(18(29)27-10-8-19(6-7-19)9-11-27)24-16(28)15-25-17(30-26-15)13-4-2-3-5-14(13)20(21,22)23/h2-5,12H,6-11H2,1H3,(H,24,28)/t12-/m1/s1. The number of nitrogens with one attached hydrogen (secondary N) is 1. The Morgan fingerprint density at radius 2 is 1.83 bits per heavy atom. The van der Waals surface area contributed by atoms with Crippen LogP contribution >= 0.6 is 0 Å². The lowest BCUT2D eigenvalue weighted by Gasteiger charge is -2.33. The molecule has 1 aromatic carbocycles. The van der Waals surface area contributed by atoms with Crippen molar-refractivity contribution >= 4 is 11.8 Å². The number of nitrogens with zero attached hydrogens (tertiary/aromatic N) is 3. The van der Waals surface area contributed by atoms with Crippen LogP contribution in [0.25, 0.3) is 11.5 Å². The Morgan fingerprint density at radius 1 is 1.17 bits per heavy atom. The lowest BCUT2D eigenvalue weighted by Crippen LogP contribution is -2.49.